The molecule has 0 amide bonds. The van der Waals surface area contributed by atoms with E-state index in [1.165, 1.54) is 6.07 Å². The van der Waals surface area contributed by atoms with Crippen molar-refractivity contribution in [1.82, 2.24) is 15.0 Å². The van der Waals surface area contributed by atoms with Gasteiger partial charge in [0.15, 0.2) is 5.82 Å². The van der Waals surface area contributed by atoms with Gasteiger partial charge in [-0.1, -0.05) is 12.1 Å². The second-order valence-electron chi connectivity index (χ2n) is 4.79. The molecule has 1 aliphatic rings. The molecule has 0 N–H and O–H groups in total. The van der Waals surface area contributed by atoms with Crippen molar-refractivity contribution in [2.24, 2.45) is 0 Å². The number of hydrogen-bond acceptors (Lipinski definition) is 5. The molecule has 110 valence electrons. The fourth-order valence-corrected chi connectivity index (χ4v) is 2.26. The van der Waals surface area contributed by atoms with E-state index in [1.807, 2.05) is 4.90 Å². The molecule has 2 heterocycles. The summed E-state index contributed by atoms with van der Waals surface area (Å²) in [6, 6.07) is 4.87. The molecule has 0 atom stereocenters. The maximum atomic E-state index is 13.7. The Kier molecular flexibility index (Phi) is 3.98. The second-order valence-corrected chi connectivity index (χ2v) is 5.13. The molecule has 0 spiro atoms. The molecular weight excluding hydrogens is 295 g/mol. The fraction of sp³-hybridized carbons (Fsp3) is 0.357. The molecule has 2 aromatic rings. The zero-order chi connectivity index (χ0) is 14.8. The maximum Gasteiger partial charge on any atom is 0.230 e. The fourth-order valence-electron chi connectivity index (χ4n) is 2.11. The minimum absolute atomic E-state index is 0.0995. The molecule has 7 heteroatoms. The van der Waals surface area contributed by atoms with Crippen molar-refractivity contribution in [2.45, 2.75) is 6.92 Å². The number of halogens is 2. The van der Waals surface area contributed by atoms with Gasteiger partial charge in [0.05, 0.1) is 13.2 Å². The van der Waals surface area contributed by atoms with Gasteiger partial charge in [0.2, 0.25) is 11.2 Å². The number of aryl methyl sites for hydroxylation is 1. The molecule has 1 aromatic carbocycles. The van der Waals surface area contributed by atoms with Crippen LogP contribution in [0, 0.1) is 12.7 Å². The molecule has 5 nitrogen and oxygen atoms in total. The third-order valence-electron chi connectivity index (χ3n) is 3.32. The van der Waals surface area contributed by atoms with Gasteiger partial charge in [-0.2, -0.15) is 15.0 Å². The van der Waals surface area contributed by atoms with Crippen LogP contribution in [0.3, 0.4) is 0 Å². The van der Waals surface area contributed by atoms with Crippen molar-refractivity contribution < 1.29 is 9.13 Å². The lowest BCUT2D eigenvalue weighted by molar-refractivity contribution is 0.122. The number of anilines is 1. The van der Waals surface area contributed by atoms with E-state index in [-0.39, 0.29) is 11.1 Å². The van der Waals surface area contributed by atoms with Crippen LogP contribution in [0.15, 0.2) is 18.2 Å². The normalized spacial score (nSPS) is 15.3. The van der Waals surface area contributed by atoms with Gasteiger partial charge in [-0.3, -0.25) is 0 Å². The lowest BCUT2D eigenvalue weighted by Gasteiger charge is -2.26. The minimum atomic E-state index is -0.294. The van der Waals surface area contributed by atoms with Crippen molar-refractivity contribution in [1.29, 1.82) is 0 Å². The average molecular weight is 309 g/mol. The van der Waals surface area contributed by atoms with Crippen molar-refractivity contribution >= 4 is 17.5 Å². The van der Waals surface area contributed by atoms with Crippen LogP contribution in [0.1, 0.15) is 5.56 Å². The van der Waals surface area contributed by atoms with Gasteiger partial charge < -0.3 is 9.64 Å². The Hall–Kier alpha value is -1.79. The summed E-state index contributed by atoms with van der Waals surface area (Å²) in [6.45, 7) is 4.35. The number of ether oxygens (including phenoxy) is 1. The van der Waals surface area contributed by atoms with Crippen molar-refractivity contribution in [2.75, 3.05) is 31.2 Å². The Labute approximate surface area is 126 Å². The minimum Gasteiger partial charge on any atom is -0.378 e. The predicted octanol–water partition coefficient (Wildman–Crippen LogP) is 2.48. The quantitative estimate of drug-likeness (QED) is 0.853. The molecular formula is C14H14ClFN4O. The molecule has 1 fully saturated rings. The van der Waals surface area contributed by atoms with Gasteiger partial charge in [0.1, 0.15) is 5.82 Å². The summed E-state index contributed by atoms with van der Waals surface area (Å²) in [5.41, 5.74) is 1.16. The van der Waals surface area contributed by atoms with Gasteiger partial charge in [-0.05, 0) is 30.2 Å². The lowest BCUT2D eigenvalue weighted by atomic mass is 10.1. The van der Waals surface area contributed by atoms with E-state index < -0.39 is 0 Å². The molecule has 1 aliphatic heterocycles. The van der Waals surface area contributed by atoms with Crippen LogP contribution in [0.2, 0.25) is 5.28 Å². The largest absolute Gasteiger partial charge is 0.378 e. The highest BCUT2D eigenvalue weighted by atomic mass is 35.5. The van der Waals surface area contributed by atoms with Gasteiger partial charge >= 0.3 is 0 Å². The first-order valence-electron chi connectivity index (χ1n) is 6.64. The molecule has 0 unspecified atom stereocenters. The predicted molar refractivity (Wildman–Crippen MR) is 78.0 cm³/mol. The molecule has 1 aromatic heterocycles. The van der Waals surface area contributed by atoms with Crippen LogP contribution in [-0.2, 0) is 4.74 Å². The molecule has 0 radical (unpaired) electrons. The summed E-state index contributed by atoms with van der Waals surface area (Å²) in [6.07, 6.45) is 0. The number of aromatic nitrogens is 3. The second kappa shape index (κ2) is 5.91. The topological polar surface area (TPSA) is 51.1 Å². The third kappa shape index (κ3) is 3.11. The van der Waals surface area contributed by atoms with Crippen LogP contribution in [-0.4, -0.2) is 41.3 Å². The molecule has 1 saturated heterocycles. The van der Waals surface area contributed by atoms with Crippen molar-refractivity contribution in [3.05, 3.63) is 34.9 Å². The molecule has 0 bridgehead atoms. The maximum absolute atomic E-state index is 13.7. The highest BCUT2D eigenvalue weighted by Gasteiger charge is 2.17. The Bertz CT molecular complexity index is 661. The van der Waals surface area contributed by atoms with Crippen LogP contribution >= 0.6 is 11.6 Å². The SMILES string of the molecule is Cc1ccc(-c2nc(Cl)nc(N3CCOCC3)n2)cc1F. The van der Waals surface area contributed by atoms with Gasteiger partial charge in [-0.25, -0.2) is 4.39 Å². The number of benzene rings is 1. The third-order valence-corrected chi connectivity index (χ3v) is 3.49. The summed E-state index contributed by atoms with van der Waals surface area (Å²) in [4.78, 5) is 14.6. The van der Waals surface area contributed by atoms with Crippen LogP contribution in [0.5, 0.6) is 0 Å². The van der Waals surface area contributed by atoms with E-state index in [2.05, 4.69) is 15.0 Å². The zero-order valence-corrected chi connectivity index (χ0v) is 12.3. The van der Waals surface area contributed by atoms with Crippen molar-refractivity contribution in [3.8, 4) is 11.4 Å². The molecule has 0 aliphatic carbocycles. The van der Waals surface area contributed by atoms with E-state index in [1.54, 1.807) is 19.1 Å². The van der Waals surface area contributed by atoms with Gasteiger partial charge in [-0.15, -0.1) is 0 Å². The van der Waals surface area contributed by atoms with E-state index in [0.717, 1.165) is 0 Å². The van der Waals surface area contributed by atoms with E-state index in [4.69, 9.17) is 16.3 Å². The first-order valence-corrected chi connectivity index (χ1v) is 7.02. The summed E-state index contributed by atoms with van der Waals surface area (Å²) >= 11 is 5.98. The number of nitrogens with zero attached hydrogens (tertiary/aromatic N) is 4. The number of hydrogen-bond donors (Lipinski definition) is 0. The summed E-state index contributed by atoms with van der Waals surface area (Å²) in [5.74, 6) is 0.571. The average Bonchev–Trinajstić information content (AvgIpc) is 2.50. The number of morpholine rings is 1. The first-order chi connectivity index (χ1) is 10.1. The Balaban J connectivity index is 1.98. The van der Waals surface area contributed by atoms with E-state index >= 15 is 0 Å². The monoisotopic (exact) mass is 308 g/mol. The van der Waals surface area contributed by atoms with Crippen LogP contribution < -0.4 is 4.90 Å². The molecule has 0 saturated carbocycles. The highest BCUT2D eigenvalue weighted by Crippen LogP contribution is 2.22. The Morgan fingerprint density at radius 1 is 1.19 bits per heavy atom. The lowest BCUT2D eigenvalue weighted by Crippen LogP contribution is -2.37. The van der Waals surface area contributed by atoms with Gasteiger partial charge in [0, 0.05) is 18.7 Å². The van der Waals surface area contributed by atoms with E-state index in [9.17, 15) is 4.39 Å². The summed E-state index contributed by atoms with van der Waals surface area (Å²) in [5, 5.41) is 0.0995. The van der Waals surface area contributed by atoms with E-state index in [0.29, 0.717) is 49.2 Å². The Morgan fingerprint density at radius 3 is 2.67 bits per heavy atom. The standard InChI is InChI=1S/C14H14ClFN4O/c1-9-2-3-10(8-11(9)16)12-17-13(15)19-14(18-12)20-4-6-21-7-5-20/h2-3,8H,4-7H2,1H3. The van der Waals surface area contributed by atoms with Gasteiger partial charge in [0.25, 0.3) is 0 Å². The number of rotatable bonds is 2. The summed E-state index contributed by atoms with van der Waals surface area (Å²) in [7, 11) is 0. The highest BCUT2D eigenvalue weighted by molar-refractivity contribution is 6.28. The zero-order valence-electron chi connectivity index (χ0n) is 11.5. The molecule has 3 rings (SSSR count). The summed E-state index contributed by atoms with van der Waals surface area (Å²) < 4.78 is 19.0. The van der Waals surface area contributed by atoms with Crippen LogP contribution in [0.4, 0.5) is 10.3 Å². The smallest absolute Gasteiger partial charge is 0.230 e. The molecule has 21 heavy (non-hydrogen) atoms. The Morgan fingerprint density at radius 2 is 1.95 bits per heavy atom. The first kappa shape index (κ1) is 14.2. The van der Waals surface area contributed by atoms with Crippen LogP contribution in [0.25, 0.3) is 11.4 Å². The van der Waals surface area contributed by atoms with Crippen molar-refractivity contribution in [3.63, 3.8) is 0 Å².